The van der Waals surface area contributed by atoms with Crippen molar-refractivity contribution < 1.29 is 9.18 Å². The van der Waals surface area contributed by atoms with Crippen LogP contribution in [0.5, 0.6) is 0 Å². The summed E-state index contributed by atoms with van der Waals surface area (Å²) in [4.78, 5) is 11.9. The molecule has 1 N–H and O–H groups in total. The number of carbonyl (C=O) groups is 1. The number of anilines is 1. The molecule has 2 aromatic rings. The van der Waals surface area contributed by atoms with E-state index in [2.05, 4.69) is 21.2 Å². The first kappa shape index (κ1) is 12.1. The topological polar surface area (TPSA) is 29.1 Å². The van der Waals surface area contributed by atoms with Gasteiger partial charge < -0.3 is 5.32 Å². The maximum Gasteiger partial charge on any atom is 0.256 e. The Morgan fingerprint density at radius 1 is 1.16 bits per heavy atom. The predicted octanol–water partition coefficient (Wildman–Crippen LogP) is 4.08. The summed E-state index contributed by atoms with van der Waals surface area (Å²) in [6.45, 7) is 0. The molecule has 0 fully saturated rings. The second-order valence-corrected chi connectivity index (χ2v) is 5.17. The van der Waals surface area contributed by atoms with Gasteiger partial charge in [0, 0.05) is 21.3 Å². The van der Waals surface area contributed by atoms with Crippen molar-refractivity contribution in [3.05, 3.63) is 63.9 Å². The lowest BCUT2D eigenvalue weighted by Crippen LogP contribution is -2.03. The first-order valence-corrected chi connectivity index (χ1v) is 6.51. The summed E-state index contributed by atoms with van der Waals surface area (Å²) in [5.74, 6) is -0.486. The molecule has 0 bridgehead atoms. The lowest BCUT2D eigenvalue weighted by molar-refractivity contribution is -0.110. The van der Waals surface area contributed by atoms with E-state index in [0.717, 1.165) is 15.7 Å². The van der Waals surface area contributed by atoms with Crippen LogP contribution in [0.4, 0.5) is 10.1 Å². The second kappa shape index (κ2) is 4.63. The predicted molar refractivity (Wildman–Crippen MR) is 77.0 cm³/mol. The van der Waals surface area contributed by atoms with E-state index in [1.54, 1.807) is 18.2 Å². The van der Waals surface area contributed by atoms with Crippen molar-refractivity contribution in [3.63, 3.8) is 0 Å². The molecule has 0 aliphatic carbocycles. The van der Waals surface area contributed by atoms with Gasteiger partial charge in [0.05, 0.1) is 0 Å². The molecule has 1 heterocycles. The Hall–Kier alpha value is -1.94. The third-order valence-electron chi connectivity index (χ3n) is 2.92. The number of nitrogens with one attached hydrogen (secondary N) is 1. The van der Waals surface area contributed by atoms with Gasteiger partial charge >= 0.3 is 0 Å². The average Bonchev–Trinajstić information content (AvgIpc) is 2.66. The number of rotatable bonds is 1. The van der Waals surface area contributed by atoms with Crippen LogP contribution in [0.25, 0.3) is 11.6 Å². The van der Waals surface area contributed by atoms with E-state index in [-0.39, 0.29) is 11.7 Å². The fourth-order valence-corrected chi connectivity index (χ4v) is 2.43. The minimum atomic E-state index is -0.317. The van der Waals surface area contributed by atoms with E-state index in [4.69, 9.17) is 0 Å². The minimum absolute atomic E-state index is 0.169. The molecular weight excluding hydrogens is 309 g/mol. The van der Waals surface area contributed by atoms with Gasteiger partial charge in [-0.2, -0.15) is 0 Å². The van der Waals surface area contributed by atoms with Gasteiger partial charge in [-0.1, -0.05) is 28.1 Å². The van der Waals surface area contributed by atoms with E-state index in [1.807, 2.05) is 18.2 Å². The van der Waals surface area contributed by atoms with Crippen LogP contribution in [0.15, 0.2) is 46.9 Å². The summed E-state index contributed by atoms with van der Waals surface area (Å²) >= 11 is 3.38. The molecule has 1 aliphatic rings. The Bertz CT molecular complexity index is 709. The fourth-order valence-electron chi connectivity index (χ4n) is 2.07. The maximum absolute atomic E-state index is 13.2. The van der Waals surface area contributed by atoms with Crippen molar-refractivity contribution in [3.8, 4) is 0 Å². The summed E-state index contributed by atoms with van der Waals surface area (Å²) in [6, 6.07) is 11.7. The van der Waals surface area contributed by atoms with E-state index >= 15 is 0 Å². The van der Waals surface area contributed by atoms with E-state index in [1.165, 1.54) is 12.1 Å². The molecule has 0 radical (unpaired) electrons. The highest BCUT2D eigenvalue weighted by Crippen LogP contribution is 2.34. The molecule has 1 aliphatic heterocycles. The number of benzene rings is 2. The molecule has 0 saturated carbocycles. The number of hydrogen-bond donors (Lipinski definition) is 1. The highest BCUT2D eigenvalue weighted by Gasteiger charge is 2.23. The van der Waals surface area contributed by atoms with E-state index < -0.39 is 0 Å². The Balaban J connectivity index is 2.11. The van der Waals surface area contributed by atoms with Gasteiger partial charge in [0.25, 0.3) is 5.91 Å². The molecule has 4 heteroatoms. The van der Waals surface area contributed by atoms with Gasteiger partial charge in [0.1, 0.15) is 5.82 Å². The summed E-state index contributed by atoms with van der Waals surface area (Å²) in [5.41, 5.74) is 2.80. The van der Waals surface area contributed by atoms with Crippen molar-refractivity contribution in [1.29, 1.82) is 0 Å². The molecule has 0 aromatic heterocycles. The van der Waals surface area contributed by atoms with Crippen molar-refractivity contribution in [2.24, 2.45) is 0 Å². The third-order valence-corrected chi connectivity index (χ3v) is 3.42. The number of halogens is 2. The van der Waals surface area contributed by atoms with Gasteiger partial charge in [0.15, 0.2) is 0 Å². The zero-order chi connectivity index (χ0) is 13.4. The SMILES string of the molecule is O=C1Nc2ccc(Br)cc2C1=Cc1cccc(F)c1. The Morgan fingerprint density at radius 2 is 2.00 bits per heavy atom. The average molecular weight is 318 g/mol. The van der Waals surface area contributed by atoms with Crippen molar-refractivity contribution in [2.45, 2.75) is 0 Å². The highest BCUT2D eigenvalue weighted by atomic mass is 79.9. The maximum atomic E-state index is 13.2. The number of fused-ring (bicyclic) bond motifs is 1. The van der Waals surface area contributed by atoms with Gasteiger partial charge in [-0.05, 0) is 42.0 Å². The molecule has 0 atom stereocenters. The summed E-state index contributed by atoms with van der Waals surface area (Å²) in [5, 5.41) is 2.79. The summed E-state index contributed by atoms with van der Waals surface area (Å²) in [7, 11) is 0. The molecule has 2 aromatic carbocycles. The summed E-state index contributed by atoms with van der Waals surface area (Å²) < 4.78 is 14.1. The fraction of sp³-hybridized carbons (Fsp3) is 0. The molecule has 1 amide bonds. The zero-order valence-electron chi connectivity index (χ0n) is 9.78. The highest BCUT2D eigenvalue weighted by molar-refractivity contribution is 9.10. The standard InChI is InChI=1S/C15H9BrFNO/c16-10-4-5-14-12(8-10)13(15(19)18-14)7-9-2-1-3-11(17)6-9/h1-8H,(H,18,19). The van der Waals surface area contributed by atoms with Gasteiger partial charge in [-0.15, -0.1) is 0 Å². The molecule has 0 unspecified atom stereocenters. The lowest BCUT2D eigenvalue weighted by atomic mass is 10.0. The lowest BCUT2D eigenvalue weighted by Gasteiger charge is -2.00. The van der Waals surface area contributed by atoms with Crippen LogP contribution in [0.3, 0.4) is 0 Å². The van der Waals surface area contributed by atoms with Crippen LogP contribution in [0.2, 0.25) is 0 Å². The molecule has 3 rings (SSSR count). The Morgan fingerprint density at radius 3 is 2.79 bits per heavy atom. The van der Waals surface area contributed by atoms with Crippen LogP contribution in [-0.2, 0) is 4.79 Å². The van der Waals surface area contributed by atoms with Gasteiger partial charge in [0.2, 0.25) is 0 Å². The minimum Gasteiger partial charge on any atom is -0.321 e. The second-order valence-electron chi connectivity index (χ2n) is 4.26. The third kappa shape index (κ3) is 2.31. The van der Waals surface area contributed by atoms with Crippen molar-refractivity contribution >= 4 is 39.2 Å². The van der Waals surface area contributed by atoms with Crippen LogP contribution in [0, 0.1) is 5.82 Å². The number of amides is 1. The molecule has 94 valence electrons. The van der Waals surface area contributed by atoms with Crippen LogP contribution in [0.1, 0.15) is 11.1 Å². The van der Waals surface area contributed by atoms with Crippen molar-refractivity contribution in [2.75, 3.05) is 5.32 Å². The van der Waals surface area contributed by atoms with Gasteiger partial charge in [-0.25, -0.2) is 4.39 Å². The molecule has 2 nitrogen and oxygen atoms in total. The van der Waals surface area contributed by atoms with E-state index in [9.17, 15) is 9.18 Å². The van der Waals surface area contributed by atoms with Crippen LogP contribution in [-0.4, -0.2) is 5.91 Å². The zero-order valence-corrected chi connectivity index (χ0v) is 11.4. The van der Waals surface area contributed by atoms with E-state index in [0.29, 0.717) is 11.1 Å². The molecule has 0 saturated heterocycles. The Labute approximate surface area is 118 Å². The largest absolute Gasteiger partial charge is 0.321 e. The van der Waals surface area contributed by atoms with Crippen LogP contribution < -0.4 is 5.32 Å². The molecule has 19 heavy (non-hydrogen) atoms. The smallest absolute Gasteiger partial charge is 0.256 e. The monoisotopic (exact) mass is 317 g/mol. The quantitative estimate of drug-likeness (QED) is 0.789. The molecule has 0 spiro atoms. The number of hydrogen-bond acceptors (Lipinski definition) is 1. The summed E-state index contributed by atoms with van der Waals surface area (Å²) in [6.07, 6.45) is 1.69. The normalized spacial score (nSPS) is 15.5. The van der Waals surface area contributed by atoms with Gasteiger partial charge in [-0.3, -0.25) is 4.79 Å². The number of carbonyl (C=O) groups excluding carboxylic acids is 1. The van der Waals surface area contributed by atoms with Crippen molar-refractivity contribution in [1.82, 2.24) is 0 Å². The first-order chi connectivity index (χ1) is 9.13. The molecular formula is C15H9BrFNO. The first-order valence-electron chi connectivity index (χ1n) is 5.72. The Kier molecular flexibility index (Phi) is 2.95. The van der Waals surface area contributed by atoms with Crippen LogP contribution >= 0.6 is 15.9 Å².